The first-order valence-electron chi connectivity index (χ1n) is 6.73. The maximum absolute atomic E-state index is 4.54. The predicted octanol–water partition coefficient (Wildman–Crippen LogP) is 3.25. The van der Waals surface area contributed by atoms with E-state index in [0.717, 1.165) is 16.6 Å². The SMILES string of the molecule is CNC(c1ccnc(C)c1)c1cccc2cccnc12. The first-order valence-corrected chi connectivity index (χ1v) is 6.73. The van der Waals surface area contributed by atoms with E-state index in [1.807, 2.05) is 32.4 Å². The first-order chi connectivity index (χ1) is 9.79. The number of fused-ring (bicyclic) bond motifs is 1. The highest BCUT2D eigenvalue weighted by Crippen LogP contribution is 2.27. The molecule has 0 aliphatic rings. The molecule has 0 spiro atoms. The van der Waals surface area contributed by atoms with Gasteiger partial charge in [-0.2, -0.15) is 0 Å². The highest BCUT2D eigenvalue weighted by molar-refractivity contribution is 5.82. The molecule has 1 unspecified atom stereocenters. The lowest BCUT2D eigenvalue weighted by Gasteiger charge is -2.19. The summed E-state index contributed by atoms with van der Waals surface area (Å²) in [6, 6.07) is 14.7. The molecule has 0 amide bonds. The molecule has 1 aromatic carbocycles. The van der Waals surface area contributed by atoms with Gasteiger partial charge in [0.05, 0.1) is 11.6 Å². The van der Waals surface area contributed by atoms with Crippen LogP contribution in [0.5, 0.6) is 0 Å². The Bertz CT molecular complexity index is 732. The smallest absolute Gasteiger partial charge is 0.0753 e. The molecule has 1 N–H and O–H groups in total. The number of nitrogens with zero attached hydrogens (tertiary/aromatic N) is 2. The Balaban J connectivity index is 2.17. The zero-order valence-corrected chi connectivity index (χ0v) is 11.7. The van der Waals surface area contributed by atoms with Crippen LogP contribution in [0.3, 0.4) is 0 Å². The third-order valence-electron chi connectivity index (χ3n) is 3.52. The monoisotopic (exact) mass is 263 g/mol. The van der Waals surface area contributed by atoms with Crippen molar-refractivity contribution in [1.82, 2.24) is 15.3 Å². The molecule has 0 saturated heterocycles. The third-order valence-corrected chi connectivity index (χ3v) is 3.52. The van der Waals surface area contributed by atoms with Crippen molar-refractivity contribution in [3.8, 4) is 0 Å². The Labute approximate surface area is 118 Å². The van der Waals surface area contributed by atoms with Gasteiger partial charge in [0.15, 0.2) is 0 Å². The average Bonchev–Trinajstić information content (AvgIpc) is 2.48. The van der Waals surface area contributed by atoms with Crippen molar-refractivity contribution in [2.75, 3.05) is 7.05 Å². The third kappa shape index (κ3) is 2.28. The van der Waals surface area contributed by atoms with Gasteiger partial charge in [-0.25, -0.2) is 0 Å². The van der Waals surface area contributed by atoms with E-state index in [4.69, 9.17) is 0 Å². The Morgan fingerprint density at radius 1 is 1.00 bits per heavy atom. The zero-order chi connectivity index (χ0) is 13.9. The molecule has 2 heterocycles. The molecule has 0 bridgehead atoms. The molecule has 0 aliphatic heterocycles. The van der Waals surface area contributed by atoms with Crippen molar-refractivity contribution < 1.29 is 0 Å². The van der Waals surface area contributed by atoms with Crippen LogP contribution in [0.25, 0.3) is 10.9 Å². The number of benzene rings is 1. The topological polar surface area (TPSA) is 37.8 Å². The lowest BCUT2D eigenvalue weighted by atomic mass is 9.96. The lowest BCUT2D eigenvalue weighted by Crippen LogP contribution is -2.18. The van der Waals surface area contributed by atoms with E-state index in [-0.39, 0.29) is 6.04 Å². The lowest BCUT2D eigenvalue weighted by molar-refractivity contribution is 0.693. The van der Waals surface area contributed by atoms with E-state index in [0.29, 0.717) is 0 Å². The van der Waals surface area contributed by atoms with Crippen LogP contribution in [0.2, 0.25) is 0 Å². The fourth-order valence-corrected chi connectivity index (χ4v) is 2.61. The fourth-order valence-electron chi connectivity index (χ4n) is 2.61. The summed E-state index contributed by atoms with van der Waals surface area (Å²) in [6.07, 6.45) is 3.70. The molecule has 0 fully saturated rings. The summed E-state index contributed by atoms with van der Waals surface area (Å²) in [5.41, 5.74) is 4.47. The van der Waals surface area contributed by atoms with E-state index in [1.165, 1.54) is 11.1 Å². The maximum Gasteiger partial charge on any atom is 0.0753 e. The molecular weight excluding hydrogens is 246 g/mol. The molecule has 1 atom stereocenters. The summed E-state index contributed by atoms with van der Waals surface area (Å²) in [4.78, 5) is 8.81. The number of aromatic nitrogens is 2. The van der Waals surface area contributed by atoms with E-state index >= 15 is 0 Å². The second-order valence-electron chi connectivity index (χ2n) is 4.87. The highest BCUT2D eigenvalue weighted by atomic mass is 14.9. The standard InChI is InChI=1S/C17H17N3/c1-12-11-14(8-10-19-12)16(18-2)15-7-3-5-13-6-4-9-20-17(13)15/h3-11,16,18H,1-2H3. The molecule has 20 heavy (non-hydrogen) atoms. The van der Waals surface area contributed by atoms with Crippen LogP contribution in [0.4, 0.5) is 0 Å². The van der Waals surface area contributed by atoms with Gasteiger partial charge < -0.3 is 5.32 Å². The summed E-state index contributed by atoms with van der Waals surface area (Å²) in [6.45, 7) is 2.01. The van der Waals surface area contributed by atoms with E-state index in [2.05, 4.69) is 51.7 Å². The van der Waals surface area contributed by atoms with Gasteiger partial charge in [-0.05, 0) is 43.3 Å². The van der Waals surface area contributed by atoms with Gasteiger partial charge in [0, 0.05) is 23.5 Å². The van der Waals surface area contributed by atoms with Crippen LogP contribution in [-0.2, 0) is 0 Å². The van der Waals surface area contributed by atoms with Gasteiger partial charge in [0.25, 0.3) is 0 Å². The zero-order valence-electron chi connectivity index (χ0n) is 11.7. The van der Waals surface area contributed by atoms with Crippen LogP contribution in [0.1, 0.15) is 22.9 Å². The van der Waals surface area contributed by atoms with Gasteiger partial charge in [0.2, 0.25) is 0 Å². The number of para-hydroxylation sites is 1. The number of nitrogens with one attached hydrogen (secondary N) is 1. The molecule has 0 radical (unpaired) electrons. The second kappa shape index (κ2) is 5.39. The molecule has 100 valence electrons. The normalized spacial score (nSPS) is 12.5. The fraction of sp³-hybridized carbons (Fsp3) is 0.176. The first kappa shape index (κ1) is 12.8. The van der Waals surface area contributed by atoms with E-state index in [9.17, 15) is 0 Å². The van der Waals surface area contributed by atoms with Gasteiger partial charge in [-0.3, -0.25) is 9.97 Å². The minimum Gasteiger partial charge on any atom is -0.309 e. The van der Waals surface area contributed by atoms with Gasteiger partial charge in [-0.15, -0.1) is 0 Å². The van der Waals surface area contributed by atoms with Crippen molar-refractivity contribution >= 4 is 10.9 Å². The Kier molecular flexibility index (Phi) is 3.44. The van der Waals surface area contributed by atoms with Crippen molar-refractivity contribution in [1.29, 1.82) is 0 Å². The average molecular weight is 263 g/mol. The van der Waals surface area contributed by atoms with E-state index in [1.54, 1.807) is 0 Å². The van der Waals surface area contributed by atoms with Crippen LogP contribution in [0.15, 0.2) is 54.9 Å². The number of pyridine rings is 2. The van der Waals surface area contributed by atoms with Crippen LogP contribution in [0, 0.1) is 6.92 Å². The quantitative estimate of drug-likeness (QED) is 0.788. The number of hydrogen-bond donors (Lipinski definition) is 1. The van der Waals surface area contributed by atoms with Gasteiger partial charge in [-0.1, -0.05) is 24.3 Å². The molecule has 3 rings (SSSR count). The molecule has 0 aliphatic carbocycles. The molecule has 3 nitrogen and oxygen atoms in total. The Morgan fingerprint density at radius 2 is 1.85 bits per heavy atom. The summed E-state index contributed by atoms with van der Waals surface area (Å²) in [5, 5.41) is 4.55. The van der Waals surface area contributed by atoms with Gasteiger partial charge in [0.1, 0.15) is 0 Å². The van der Waals surface area contributed by atoms with Crippen molar-refractivity contribution in [2.45, 2.75) is 13.0 Å². The minimum atomic E-state index is 0.121. The maximum atomic E-state index is 4.54. The molecular formula is C17H17N3. The van der Waals surface area contributed by atoms with Crippen molar-refractivity contribution in [3.05, 3.63) is 71.7 Å². The van der Waals surface area contributed by atoms with Crippen molar-refractivity contribution in [2.24, 2.45) is 0 Å². The Morgan fingerprint density at radius 3 is 2.65 bits per heavy atom. The largest absolute Gasteiger partial charge is 0.309 e. The highest BCUT2D eigenvalue weighted by Gasteiger charge is 2.15. The number of aryl methyl sites for hydroxylation is 1. The van der Waals surface area contributed by atoms with Gasteiger partial charge >= 0.3 is 0 Å². The molecule has 3 aromatic rings. The number of hydrogen-bond acceptors (Lipinski definition) is 3. The summed E-state index contributed by atoms with van der Waals surface area (Å²) in [5.74, 6) is 0. The molecule has 0 saturated carbocycles. The van der Waals surface area contributed by atoms with Crippen molar-refractivity contribution in [3.63, 3.8) is 0 Å². The minimum absolute atomic E-state index is 0.121. The summed E-state index contributed by atoms with van der Waals surface area (Å²) >= 11 is 0. The molecule has 2 aromatic heterocycles. The van der Waals surface area contributed by atoms with E-state index < -0.39 is 0 Å². The summed E-state index contributed by atoms with van der Waals surface area (Å²) < 4.78 is 0. The summed E-state index contributed by atoms with van der Waals surface area (Å²) in [7, 11) is 1.97. The van der Waals surface area contributed by atoms with Crippen LogP contribution >= 0.6 is 0 Å². The van der Waals surface area contributed by atoms with Crippen LogP contribution < -0.4 is 5.32 Å². The number of rotatable bonds is 3. The predicted molar refractivity (Wildman–Crippen MR) is 81.6 cm³/mol. The molecule has 3 heteroatoms. The van der Waals surface area contributed by atoms with Crippen LogP contribution in [-0.4, -0.2) is 17.0 Å². The Hall–Kier alpha value is -2.26. The second-order valence-corrected chi connectivity index (χ2v) is 4.87.